The number of aliphatic hydroxyl groups excluding tert-OH is 1. The number of carbonyl (C=O) groups is 1. The Hall–Kier alpha value is -2.24. The Morgan fingerprint density at radius 2 is 2.09 bits per heavy atom. The summed E-state index contributed by atoms with van der Waals surface area (Å²) in [5, 5.41) is 12.6. The molecule has 2 heterocycles. The lowest BCUT2D eigenvalue weighted by molar-refractivity contribution is 0.0530. The predicted octanol–water partition coefficient (Wildman–Crippen LogP) is 1.15. The Morgan fingerprint density at radius 3 is 2.86 bits per heavy atom. The average molecular weight is 297 g/mol. The first kappa shape index (κ1) is 14.7. The van der Waals surface area contributed by atoms with Crippen molar-refractivity contribution in [3.8, 4) is 11.1 Å². The van der Waals surface area contributed by atoms with Crippen LogP contribution < -0.4 is 5.32 Å². The molecule has 0 bridgehead atoms. The van der Waals surface area contributed by atoms with E-state index in [1.165, 1.54) is 0 Å². The van der Waals surface area contributed by atoms with Gasteiger partial charge in [0.2, 0.25) is 0 Å². The number of benzene rings is 1. The first-order valence-corrected chi connectivity index (χ1v) is 7.43. The van der Waals surface area contributed by atoms with Crippen molar-refractivity contribution < 1.29 is 9.90 Å². The van der Waals surface area contributed by atoms with Gasteiger partial charge in [-0.15, -0.1) is 0 Å². The van der Waals surface area contributed by atoms with Crippen LogP contribution in [0.2, 0.25) is 0 Å². The van der Waals surface area contributed by atoms with Crippen LogP contribution in [0.25, 0.3) is 11.1 Å². The van der Waals surface area contributed by atoms with Crippen molar-refractivity contribution in [1.82, 2.24) is 15.2 Å². The van der Waals surface area contributed by atoms with Crippen molar-refractivity contribution in [1.29, 1.82) is 0 Å². The lowest BCUT2D eigenvalue weighted by Gasteiger charge is -2.34. The molecule has 0 spiro atoms. The Kier molecular flexibility index (Phi) is 4.46. The number of aromatic nitrogens is 1. The summed E-state index contributed by atoms with van der Waals surface area (Å²) in [4.78, 5) is 18.6. The maximum Gasteiger partial charge on any atom is 0.272 e. The molecule has 2 aromatic rings. The van der Waals surface area contributed by atoms with Gasteiger partial charge in [-0.25, -0.2) is 0 Å². The molecule has 0 radical (unpaired) electrons. The van der Waals surface area contributed by atoms with Gasteiger partial charge in [0.15, 0.2) is 0 Å². The fourth-order valence-electron chi connectivity index (χ4n) is 2.70. The number of nitrogens with zero attached hydrogens (tertiary/aromatic N) is 2. The molecule has 0 unspecified atom stereocenters. The molecule has 1 aliphatic rings. The van der Waals surface area contributed by atoms with E-state index >= 15 is 0 Å². The van der Waals surface area contributed by atoms with Crippen LogP contribution >= 0.6 is 0 Å². The van der Waals surface area contributed by atoms with E-state index in [0.717, 1.165) is 17.7 Å². The lowest BCUT2D eigenvalue weighted by atomic mass is 10.1. The minimum Gasteiger partial charge on any atom is -0.394 e. The average Bonchev–Trinajstić information content (AvgIpc) is 2.62. The van der Waals surface area contributed by atoms with Crippen LogP contribution in [0.3, 0.4) is 0 Å². The topological polar surface area (TPSA) is 65.5 Å². The fourth-order valence-corrected chi connectivity index (χ4v) is 2.70. The molecule has 1 saturated heterocycles. The molecule has 1 atom stereocenters. The maximum absolute atomic E-state index is 12.7. The molecule has 1 amide bonds. The summed E-state index contributed by atoms with van der Waals surface area (Å²) in [7, 11) is 0. The number of aliphatic hydroxyl groups is 1. The summed E-state index contributed by atoms with van der Waals surface area (Å²) >= 11 is 0. The van der Waals surface area contributed by atoms with Crippen LogP contribution in [-0.4, -0.2) is 53.2 Å². The number of pyridine rings is 1. The van der Waals surface area contributed by atoms with Gasteiger partial charge in [0.1, 0.15) is 5.69 Å². The van der Waals surface area contributed by atoms with Gasteiger partial charge in [0.05, 0.1) is 12.6 Å². The van der Waals surface area contributed by atoms with Crippen molar-refractivity contribution in [3.05, 3.63) is 54.4 Å². The highest BCUT2D eigenvalue weighted by molar-refractivity contribution is 5.93. The molecule has 1 aromatic carbocycles. The molecule has 3 rings (SSSR count). The van der Waals surface area contributed by atoms with Gasteiger partial charge in [-0.05, 0) is 23.3 Å². The summed E-state index contributed by atoms with van der Waals surface area (Å²) in [6, 6.07) is 13.4. The fraction of sp³-hybridized carbons (Fsp3) is 0.294. The van der Waals surface area contributed by atoms with Gasteiger partial charge in [-0.3, -0.25) is 9.78 Å². The SMILES string of the molecule is O=C(c1cc(-c2ccccc2)ccn1)N1CCNC[C@H]1CO. The largest absolute Gasteiger partial charge is 0.394 e. The van der Waals surface area contributed by atoms with Crippen LogP contribution in [0.5, 0.6) is 0 Å². The van der Waals surface area contributed by atoms with Gasteiger partial charge in [-0.1, -0.05) is 30.3 Å². The van der Waals surface area contributed by atoms with Gasteiger partial charge in [-0.2, -0.15) is 0 Å². The highest BCUT2D eigenvalue weighted by atomic mass is 16.3. The predicted molar refractivity (Wildman–Crippen MR) is 84.5 cm³/mol. The second-order valence-corrected chi connectivity index (χ2v) is 5.33. The van der Waals surface area contributed by atoms with Gasteiger partial charge in [0.25, 0.3) is 5.91 Å². The molecule has 114 valence electrons. The van der Waals surface area contributed by atoms with E-state index in [0.29, 0.717) is 18.8 Å². The van der Waals surface area contributed by atoms with Crippen molar-refractivity contribution in [2.24, 2.45) is 0 Å². The van der Waals surface area contributed by atoms with Gasteiger partial charge >= 0.3 is 0 Å². The van der Waals surface area contributed by atoms with E-state index < -0.39 is 0 Å². The quantitative estimate of drug-likeness (QED) is 0.892. The smallest absolute Gasteiger partial charge is 0.272 e. The van der Waals surface area contributed by atoms with Crippen molar-refractivity contribution in [2.45, 2.75) is 6.04 Å². The summed E-state index contributed by atoms with van der Waals surface area (Å²) < 4.78 is 0. The molecule has 2 N–H and O–H groups in total. The van der Waals surface area contributed by atoms with E-state index in [1.807, 2.05) is 42.5 Å². The Labute approximate surface area is 129 Å². The summed E-state index contributed by atoms with van der Waals surface area (Å²) in [5.74, 6) is -0.127. The maximum atomic E-state index is 12.7. The van der Waals surface area contributed by atoms with Crippen LogP contribution in [-0.2, 0) is 0 Å². The summed E-state index contributed by atoms with van der Waals surface area (Å²) in [6.45, 7) is 1.89. The molecular formula is C17H19N3O2. The number of hydrogen-bond acceptors (Lipinski definition) is 4. The third-order valence-electron chi connectivity index (χ3n) is 3.91. The van der Waals surface area contributed by atoms with Crippen molar-refractivity contribution in [2.75, 3.05) is 26.2 Å². The first-order valence-electron chi connectivity index (χ1n) is 7.43. The zero-order valence-electron chi connectivity index (χ0n) is 12.3. The number of rotatable bonds is 3. The van der Waals surface area contributed by atoms with Crippen LogP contribution in [0, 0.1) is 0 Å². The summed E-state index contributed by atoms with van der Waals surface area (Å²) in [5.41, 5.74) is 2.44. The molecule has 0 aliphatic carbocycles. The van der Waals surface area contributed by atoms with E-state index in [2.05, 4.69) is 10.3 Å². The van der Waals surface area contributed by atoms with E-state index in [9.17, 15) is 9.90 Å². The van der Waals surface area contributed by atoms with Gasteiger partial charge in [0, 0.05) is 25.8 Å². The molecule has 22 heavy (non-hydrogen) atoms. The molecule has 5 heteroatoms. The molecule has 1 fully saturated rings. The van der Waals surface area contributed by atoms with Crippen LogP contribution in [0.1, 0.15) is 10.5 Å². The standard InChI is InChI=1S/C17H19N3O2/c21-12-15-11-18-8-9-20(15)17(22)16-10-14(6-7-19-16)13-4-2-1-3-5-13/h1-7,10,15,18,21H,8-9,11-12H2/t15-/m0/s1. The molecular weight excluding hydrogens is 278 g/mol. The Morgan fingerprint density at radius 1 is 1.27 bits per heavy atom. The summed E-state index contributed by atoms with van der Waals surface area (Å²) in [6.07, 6.45) is 1.66. The molecule has 0 saturated carbocycles. The third kappa shape index (κ3) is 3.00. The highest BCUT2D eigenvalue weighted by Gasteiger charge is 2.27. The molecule has 1 aliphatic heterocycles. The van der Waals surface area contributed by atoms with Crippen LogP contribution in [0.15, 0.2) is 48.7 Å². The van der Waals surface area contributed by atoms with Crippen LogP contribution in [0.4, 0.5) is 0 Å². The van der Waals surface area contributed by atoms with Crippen molar-refractivity contribution >= 4 is 5.91 Å². The minimum absolute atomic E-state index is 0.0445. The Bertz CT molecular complexity index is 645. The monoisotopic (exact) mass is 297 g/mol. The molecule has 5 nitrogen and oxygen atoms in total. The highest BCUT2D eigenvalue weighted by Crippen LogP contribution is 2.20. The second-order valence-electron chi connectivity index (χ2n) is 5.33. The lowest BCUT2D eigenvalue weighted by Crippen LogP contribution is -2.55. The number of piperazine rings is 1. The second kappa shape index (κ2) is 6.68. The van der Waals surface area contributed by atoms with E-state index in [1.54, 1.807) is 11.1 Å². The molecule has 1 aromatic heterocycles. The number of amides is 1. The van der Waals surface area contributed by atoms with E-state index in [-0.39, 0.29) is 18.6 Å². The normalized spacial score (nSPS) is 18.2. The number of nitrogens with one attached hydrogen (secondary N) is 1. The van der Waals surface area contributed by atoms with Gasteiger partial charge < -0.3 is 15.3 Å². The zero-order chi connectivity index (χ0) is 15.4. The minimum atomic E-state index is -0.191. The number of carbonyl (C=O) groups excluding carboxylic acids is 1. The third-order valence-corrected chi connectivity index (χ3v) is 3.91. The zero-order valence-corrected chi connectivity index (χ0v) is 12.3. The number of hydrogen-bond donors (Lipinski definition) is 2. The van der Waals surface area contributed by atoms with Crippen molar-refractivity contribution in [3.63, 3.8) is 0 Å². The van der Waals surface area contributed by atoms with E-state index in [4.69, 9.17) is 0 Å². The first-order chi connectivity index (χ1) is 10.8. The Balaban J connectivity index is 1.87.